The van der Waals surface area contributed by atoms with Crippen LogP contribution in [0.3, 0.4) is 0 Å². The highest BCUT2D eigenvalue weighted by Gasteiger charge is 2.20. The smallest absolute Gasteiger partial charge is 0.293 e. The zero-order valence-corrected chi connectivity index (χ0v) is 18.5. The molecule has 0 saturated heterocycles. The molecule has 2 amide bonds. The number of carbonyl (C=O) groups excluding carboxylic acids is 2. The number of hydrogen-bond acceptors (Lipinski definition) is 7. The fourth-order valence-corrected chi connectivity index (χ4v) is 3.93. The van der Waals surface area contributed by atoms with Crippen molar-refractivity contribution < 1.29 is 22.9 Å². The monoisotopic (exact) mass is 480 g/mol. The molecule has 0 radical (unpaired) electrons. The van der Waals surface area contributed by atoms with E-state index in [4.69, 9.17) is 0 Å². The minimum atomic E-state index is -4.07. The molecule has 0 aromatic heterocycles. The van der Waals surface area contributed by atoms with Gasteiger partial charge in [0.05, 0.1) is 9.82 Å². The lowest BCUT2D eigenvalue weighted by molar-refractivity contribution is -0.384. The van der Waals surface area contributed by atoms with Crippen LogP contribution in [0.5, 0.6) is 0 Å². The molecule has 0 atom stereocenters. The van der Waals surface area contributed by atoms with Crippen LogP contribution in [0.1, 0.15) is 20.7 Å². The molecule has 0 saturated carbocycles. The topological polar surface area (TPSA) is 148 Å². The second-order valence-electron chi connectivity index (χ2n) is 6.94. The van der Waals surface area contributed by atoms with Gasteiger partial charge in [-0.1, -0.05) is 30.3 Å². The molecule has 3 aromatic rings. The highest BCUT2D eigenvalue weighted by molar-refractivity contribution is 7.90. The number of sulfonamides is 1. The van der Waals surface area contributed by atoms with E-state index in [1.807, 2.05) is 4.72 Å². The average Bonchev–Trinajstić information content (AvgIpc) is 2.83. The van der Waals surface area contributed by atoms with Crippen LogP contribution in [0.2, 0.25) is 0 Å². The predicted molar refractivity (Wildman–Crippen MR) is 127 cm³/mol. The third kappa shape index (κ3) is 5.84. The Labute approximate surface area is 195 Å². The summed E-state index contributed by atoms with van der Waals surface area (Å²) in [6.45, 7) is 3.85. The molecular formula is C23H20N4O6S. The zero-order valence-electron chi connectivity index (χ0n) is 17.7. The highest BCUT2D eigenvalue weighted by Crippen LogP contribution is 2.26. The van der Waals surface area contributed by atoms with Crippen molar-refractivity contribution in [1.82, 2.24) is 4.72 Å². The van der Waals surface area contributed by atoms with E-state index in [2.05, 4.69) is 17.2 Å². The highest BCUT2D eigenvalue weighted by atomic mass is 32.2. The first-order valence-corrected chi connectivity index (χ1v) is 11.4. The van der Waals surface area contributed by atoms with Crippen LogP contribution in [0.25, 0.3) is 0 Å². The largest absolute Gasteiger partial charge is 0.376 e. The summed E-state index contributed by atoms with van der Waals surface area (Å²) in [6, 6.07) is 17.0. The first kappa shape index (κ1) is 24.1. The van der Waals surface area contributed by atoms with Crippen LogP contribution >= 0.6 is 0 Å². The fourth-order valence-electron chi connectivity index (χ4n) is 2.94. The molecule has 0 spiro atoms. The molecule has 0 heterocycles. The summed E-state index contributed by atoms with van der Waals surface area (Å²) in [5.74, 6) is -1.53. The van der Waals surface area contributed by atoms with Gasteiger partial charge in [0.1, 0.15) is 5.69 Å². The fraction of sp³-hybridized carbons (Fsp3) is 0.0435. The van der Waals surface area contributed by atoms with Gasteiger partial charge >= 0.3 is 0 Å². The molecular weight excluding hydrogens is 460 g/mol. The number of anilines is 2. The van der Waals surface area contributed by atoms with Crippen molar-refractivity contribution in [2.24, 2.45) is 0 Å². The zero-order chi connectivity index (χ0) is 24.7. The molecule has 10 nitrogen and oxygen atoms in total. The maximum absolute atomic E-state index is 12.6. The van der Waals surface area contributed by atoms with Crippen molar-refractivity contribution in [2.45, 2.75) is 4.90 Å². The second kappa shape index (κ2) is 10.4. The Morgan fingerprint density at radius 3 is 2.32 bits per heavy atom. The molecule has 0 aliphatic carbocycles. The second-order valence-corrected chi connectivity index (χ2v) is 8.62. The Hall–Kier alpha value is -4.51. The number of hydrogen-bond donors (Lipinski definition) is 3. The third-order valence-corrected chi connectivity index (χ3v) is 5.90. The number of nitro benzene ring substituents is 1. The predicted octanol–water partition coefficient (Wildman–Crippen LogP) is 3.56. The van der Waals surface area contributed by atoms with Gasteiger partial charge in [0.2, 0.25) is 0 Å². The number of nitrogens with zero attached hydrogens (tertiary/aromatic N) is 1. The van der Waals surface area contributed by atoms with Crippen molar-refractivity contribution in [3.05, 3.63) is 107 Å². The lowest BCUT2D eigenvalue weighted by Gasteiger charge is -2.10. The molecule has 0 aliphatic rings. The Balaban J connectivity index is 1.77. The number of nitrogens with one attached hydrogen (secondary N) is 3. The van der Waals surface area contributed by atoms with E-state index in [-0.39, 0.29) is 33.1 Å². The van der Waals surface area contributed by atoms with Crippen molar-refractivity contribution in [3.63, 3.8) is 0 Å². The third-order valence-electron chi connectivity index (χ3n) is 4.56. The van der Waals surface area contributed by atoms with Crippen molar-refractivity contribution >= 4 is 38.9 Å². The van der Waals surface area contributed by atoms with Gasteiger partial charge in [-0.15, -0.1) is 6.58 Å². The maximum Gasteiger partial charge on any atom is 0.293 e. The standard InChI is InChI=1S/C23H20N4O6S/c1-2-13-24-20-12-11-17(15-21(20)27(30)31)22(28)25-18-8-6-7-16(14-18)23(29)26-34(32,33)19-9-4-3-5-10-19/h2-12,14-15,24H,1,13H2,(H,25,28)(H,26,29). The SMILES string of the molecule is C=CCNc1ccc(C(=O)Nc2cccc(C(=O)NS(=O)(=O)c3ccccc3)c2)cc1[N+](=O)[O-]. The number of amides is 2. The van der Waals surface area contributed by atoms with Gasteiger partial charge in [0, 0.05) is 29.4 Å². The van der Waals surface area contributed by atoms with Gasteiger partial charge < -0.3 is 10.6 Å². The lowest BCUT2D eigenvalue weighted by Crippen LogP contribution is -2.30. The van der Waals surface area contributed by atoms with Gasteiger partial charge in [-0.3, -0.25) is 19.7 Å². The summed E-state index contributed by atoms with van der Waals surface area (Å²) in [5, 5.41) is 16.7. The van der Waals surface area contributed by atoms with Gasteiger partial charge in [-0.25, -0.2) is 13.1 Å². The van der Waals surface area contributed by atoms with E-state index >= 15 is 0 Å². The Morgan fingerprint density at radius 2 is 1.65 bits per heavy atom. The van der Waals surface area contributed by atoms with Crippen LogP contribution in [-0.2, 0) is 10.0 Å². The molecule has 11 heteroatoms. The molecule has 3 aromatic carbocycles. The van der Waals surface area contributed by atoms with E-state index in [9.17, 15) is 28.1 Å². The summed E-state index contributed by atoms with van der Waals surface area (Å²) >= 11 is 0. The Bertz CT molecular complexity index is 1360. The van der Waals surface area contributed by atoms with Crippen molar-refractivity contribution in [2.75, 3.05) is 17.2 Å². The summed E-state index contributed by atoms with van der Waals surface area (Å²) < 4.78 is 26.7. The molecule has 174 valence electrons. The molecule has 0 bridgehead atoms. The molecule has 3 N–H and O–H groups in total. The Kier molecular flexibility index (Phi) is 7.39. The van der Waals surface area contributed by atoms with Gasteiger partial charge in [0.25, 0.3) is 27.5 Å². The molecule has 3 rings (SSSR count). The molecule has 34 heavy (non-hydrogen) atoms. The first-order valence-electron chi connectivity index (χ1n) is 9.88. The van der Waals surface area contributed by atoms with Crippen LogP contribution in [0, 0.1) is 10.1 Å². The summed E-state index contributed by atoms with van der Waals surface area (Å²) in [5.41, 5.74) is 0.171. The maximum atomic E-state index is 12.6. The van der Waals surface area contributed by atoms with Crippen LogP contribution in [0.15, 0.2) is 90.3 Å². The van der Waals surface area contributed by atoms with Crippen molar-refractivity contribution in [1.29, 1.82) is 0 Å². The first-order chi connectivity index (χ1) is 16.2. The van der Waals surface area contributed by atoms with E-state index in [1.165, 1.54) is 60.7 Å². The van der Waals surface area contributed by atoms with E-state index in [0.29, 0.717) is 6.54 Å². The molecule has 0 fully saturated rings. The van der Waals surface area contributed by atoms with Crippen LogP contribution in [0.4, 0.5) is 17.1 Å². The Morgan fingerprint density at radius 1 is 0.941 bits per heavy atom. The van der Waals surface area contributed by atoms with E-state index in [1.54, 1.807) is 12.1 Å². The van der Waals surface area contributed by atoms with Crippen LogP contribution in [-0.4, -0.2) is 31.7 Å². The van der Waals surface area contributed by atoms with Gasteiger partial charge in [-0.05, 0) is 42.5 Å². The number of benzene rings is 3. The minimum Gasteiger partial charge on any atom is -0.376 e. The summed E-state index contributed by atoms with van der Waals surface area (Å²) in [7, 11) is -4.07. The minimum absolute atomic E-state index is 0.00717. The van der Waals surface area contributed by atoms with Crippen LogP contribution < -0.4 is 15.4 Å². The summed E-state index contributed by atoms with van der Waals surface area (Å²) in [4.78, 5) is 35.8. The number of carbonyl (C=O) groups is 2. The number of rotatable bonds is 9. The quantitative estimate of drug-likeness (QED) is 0.241. The molecule has 0 aliphatic heterocycles. The van der Waals surface area contributed by atoms with E-state index < -0.39 is 26.8 Å². The van der Waals surface area contributed by atoms with E-state index in [0.717, 1.165) is 6.07 Å². The number of nitro groups is 1. The van der Waals surface area contributed by atoms with Gasteiger partial charge in [0.15, 0.2) is 0 Å². The lowest BCUT2D eigenvalue weighted by atomic mass is 10.1. The summed E-state index contributed by atoms with van der Waals surface area (Å²) in [6.07, 6.45) is 1.54. The average molecular weight is 481 g/mol. The normalized spacial score (nSPS) is 10.7. The molecule has 0 unspecified atom stereocenters. The van der Waals surface area contributed by atoms with Crippen molar-refractivity contribution in [3.8, 4) is 0 Å². The van der Waals surface area contributed by atoms with Gasteiger partial charge in [-0.2, -0.15) is 0 Å².